The number of piperazine rings is 1. The predicted octanol–water partition coefficient (Wildman–Crippen LogP) is 2.73. The summed E-state index contributed by atoms with van der Waals surface area (Å²) in [6.45, 7) is 2.44. The zero-order chi connectivity index (χ0) is 19.2. The van der Waals surface area contributed by atoms with Gasteiger partial charge in [0.1, 0.15) is 17.5 Å². The van der Waals surface area contributed by atoms with E-state index >= 15 is 0 Å². The van der Waals surface area contributed by atoms with E-state index in [4.69, 9.17) is 9.47 Å². The molecule has 140 valence electrons. The zero-order valence-electron chi connectivity index (χ0n) is 15.6. The van der Waals surface area contributed by atoms with Crippen LogP contribution in [0.1, 0.15) is 22.0 Å². The Morgan fingerprint density at radius 1 is 1.04 bits per heavy atom. The molecule has 2 aromatic carbocycles. The molecule has 1 atom stereocenters. The van der Waals surface area contributed by atoms with Gasteiger partial charge in [-0.25, -0.2) is 0 Å². The number of nitriles is 1. The number of carbonyl (C=O) groups is 1. The molecular formula is C21H23N3O3. The maximum absolute atomic E-state index is 12.9. The largest absolute Gasteiger partial charge is 0.497 e. The van der Waals surface area contributed by atoms with Gasteiger partial charge in [0.25, 0.3) is 5.91 Å². The topological polar surface area (TPSA) is 65.8 Å². The molecule has 0 N–H and O–H groups in total. The summed E-state index contributed by atoms with van der Waals surface area (Å²) in [4.78, 5) is 16.8. The van der Waals surface area contributed by atoms with Crippen LogP contribution >= 0.6 is 0 Å². The second kappa shape index (κ2) is 8.56. The van der Waals surface area contributed by atoms with E-state index in [2.05, 4.69) is 11.0 Å². The normalized spacial score (nSPS) is 15.7. The third-order valence-electron chi connectivity index (χ3n) is 4.84. The summed E-state index contributed by atoms with van der Waals surface area (Å²) in [6.07, 6.45) is 0. The standard InChI is InChI=1S/C21H23N3O3/c1-26-17-8-9-18(20(14-17)27-2)21(25)24-12-10-23(11-13-24)19(15-22)16-6-4-3-5-7-16/h3-9,14,19H,10-13H2,1-2H3/t19-/m0/s1. The van der Waals surface area contributed by atoms with Crippen molar-refractivity contribution in [2.75, 3.05) is 40.4 Å². The van der Waals surface area contributed by atoms with Gasteiger partial charge in [-0.05, 0) is 17.7 Å². The maximum atomic E-state index is 12.9. The first kappa shape index (κ1) is 18.7. The van der Waals surface area contributed by atoms with Gasteiger partial charge in [0.15, 0.2) is 0 Å². The summed E-state index contributed by atoms with van der Waals surface area (Å²) in [5.74, 6) is 1.08. The lowest BCUT2D eigenvalue weighted by molar-refractivity contribution is 0.0603. The minimum atomic E-state index is -0.293. The van der Waals surface area contributed by atoms with Gasteiger partial charge >= 0.3 is 0 Å². The zero-order valence-corrected chi connectivity index (χ0v) is 15.6. The number of ether oxygens (including phenoxy) is 2. The van der Waals surface area contributed by atoms with E-state index in [1.54, 1.807) is 37.3 Å². The molecule has 0 radical (unpaired) electrons. The third kappa shape index (κ3) is 4.04. The molecule has 0 saturated carbocycles. The minimum absolute atomic E-state index is 0.0672. The fraction of sp³-hybridized carbons (Fsp3) is 0.333. The highest BCUT2D eigenvalue weighted by Crippen LogP contribution is 2.27. The molecule has 3 rings (SSSR count). The first-order valence-corrected chi connectivity index (χ1v) is 8.88. The Hall–Kier alpha value is -3.04. The van der Waals surface area contributed by atoms with E-state index in [1.807, 2.05) is 30.3 Å². The molecule has 0 spiro atoms. The quantitative estimate of drug-likeness (QED) is 0.815. The number of benzene rings is 2. The molecule has 1 saturated heterocycles. The third-order valence-corrected chi connectivity index (χ3v) is 4.84. The maximum Gasteiger partial charge on any atom is 0.257 e. The van der Waals surface area contributed by atoms with Crippen LogP contribution in [0, 0.1) is 11.3 Å². The smallest absolute Gasteiger partial charge is 0.257 e. The average Bonchev–Trinajstić information content (AvgIpc) is 2.74. The molecule has 1 fully saturated rings. The van der Waals surface area contributed by atoms with E-state index in [0.717, 1.165) is 5.56 Å². The summed E-state index contributed by atoms with van der Waals surface area (Å²) >= 11 is 0. The second-order valence-electron chi connectivity index (χ2n) is 6.34. The lowest BCUT2D eigenvalue weighted by Crippen LogP contribution is -2.49. The van der Waals surface area contributed by atoms with Crippen molar-refractivity contribution in [3.05, 3.63) is 59.7 Å². The van der Waals surface area contributed by atoms with Crippen LogP contribution in [0.3, 0.4) is 0 Å². The highest BCUT2D eigenvalue weighted by atomic mass is 16.5. The lowest BCUT2D eigenvalue weighted by Gasteiger charge is -2.37. The Labute approximate surface area is 159 Å². The number of hydrogen-bond donors (Lipinski definition) is 0. The summed E-state index contributed by atoms with van der Waals surface area (Å²) in [5.41, 5.74) is 1.50. The van der Waals surface area contributed by atoms with Crippen molar-refractivity contribution in [3.8, 4) is 17.6 Å². The Kier molecular flexibility index (Phi) is 5.94. The first-order valence-electron chi connectivity index (χ1n) is 8.88. The average molecular weight is 365 g/mol. The number of nitrogens with zero attached hydrogens (tertiary/aromatic N) is 3. The Balaban J connectivity index is 1.69. The Morgan fingerprint density at radius 2 is 1.74 bits per heavy atom. The number of amides is 1. The monoisotopic (exact) mass is 365 g/mol. The number of carbonyl (C=O) groups excluding carboxylic acids is 1. The van der Waals surface area contributed by atoms with Crippen LogP contribution in [0.5, 0.6) is 11.5 Å². The van der Waals surface area contributed by atoms with Gasteiger partial charge in [0.2, 0.25) is 0 Å². The van der Waals surface area contributed by atoms with Crippen LogP contribution < -0.4 is 9.47 Å². The van der Waals surface area contributed by atoms with Gasteiger partial charge in [-0.3, -0.25) is 9.69 Å². The van der Waals surface area contributed by atoms with Crippen LogP contribution in [0.25, 0.3) is 0 Å². The van der Waals surface area contributed by atoms with Crippen LogP contribution in [-0.2, 0) is 0 Å². The van der Waals surface area contributed by atoms with Gasteiger partial charge in [-0.15, -0.1) is 0 Å². The SMILES string of the molecule is COc1ccc(C(=O)N2CCN([C@@H](C#N)c3ccccc3)CC2)c(OC)c1. The van der Waals surface area contributed by atoms with Gasteiger partial charge in [0, 0.05) is 32.2 Å². The Morgan fingerprint density at radius 3 is 2.33 bits per heavy atom. The molecule has 6 nitrogen and oxygen atoms in total. The summed E-state index contributed by atoms with van der Waals surface area (Å²) in [7, 11) is 3.12. The molecule has 0 aromatic heterocycles. The van der Waals surface area contributed by atoms with Crippen molar-refractivity contribution >= 4 is 5.91 Å². The van der Waals surface area contributed by atoms with E-state index in [0.29, 0.717) is 43.2 Å². The van der Waals surface area contributed by atoms with Crippen LogP contribution in [0.2, 0.25) is 0 Å². The molecular weight excluding hydrogens is 342 g/mol. The summed E-state index contributed by atoms with van der Waals surface area (Å²) < 4.78 is 10.5. The minimum Gasteiger partial charge on any atom is -0.497 e. The van der Waals surface area contributed by atoms with Gasteiger partial charge in [0.05, 0.1) is 25.9 Å². The van der Waals surface area contributed by atoms with Crippen molar-refractivity contribution in [2.45, 2.75) is 6.04 Å². The Bertz CT molecular complexity index is 824. The molecule has 6 heteroatoms. The summed E-state index contributed by atoms with van der Waals surface area (Å²) in [5, 5.41) is 9.60. The van der Waals surface area contributed by atoms with E-state index < -0.39 is 0 Å². The fourth-order valence-electron chi connectivity index (χ4n) is 3.33. The van der Waals surface area contributed by atoms with Crippen LogP contribution in [-0.4, -0.2) is 56.1 Å². The van der Waals surface area contributed by atoms with E-state index in [-0.39, 0.29) is 11.9 Å². The van der Waals surface area contributed by atoms with E-state index in [1.165, 1.54) is 0 Å². The number of hydrogen-bond acceptors (Lipinski definition) is 5. The molecule has 0 unspecified atom stereocenters. The number of methoxy groups -OCH3 is 2. The second-order valence-corrected chi connectivity index (χ2v) is 6.34. The highest BCUT2D eigenvalue weighted by molar-refractivity contribution is 5.97. The molecule has 1 aliphatic heterocycles. The highest BCUT2D eigenvalue weighted by Gasteiger charge is 2.28. The molecule has 27 heavy (non-hydrogen) atoms. The van der Waals surface area contributed by atoms with Crippen molar-refractivity contribution in [1.82, 2.24) is 9.80 Å². The van der Waals surface area contributed by atoms with E-state index in [9.17, 15) is 10.1 Å². The van der Waals surface area contributed by atoms with Crippen LogP contribution in [0.4, 0.5) is 0 Å². The van der Waals surface area contributed by atoms with Crippen molar-refractivity contribution in [1.29, 1.82) is 5.26 Å². The first-order chi connectivity index (χ1) is 13.2. The molecule has 2 aromatic rings. The summed E-state index contributed by atoms with van der Waals surface area (Å²) in [6, 6.07) is 17.0. The van der Waals surface area contributed by atoms with Crippen molar-refractivity contribution in [3.63, 3.8) is 0 Å². The molecule has 1 heterocycles. The predicted molar refractivity (Wildman–Crippen MR) is 102 cm³/mol. The molecule has 0 bridgehead atoms. The van der Waals surface area contributed by atoms with Gasteiger partial charge in [-0.2, -0.15) is 5.26 Å². The van der Waals surface area contributed by atoms with Crippen molar-refractivity contribution < 1.29 is 14.3 Å². The lowest BCUT2D eigenvalue weighted by atomic mass is 10.1. The molecule has 1 amide bonds. The fourth-order valence-corrected chi connectivity index (χ4v) is 3.33. The molecule has 0 aliphatic carbocycles. The number of rotatable bonds is 5. The van der Waals surface area contributed by atoms with Crippen LogP contribution in [0.15, 0.2) is 48.5 Å². The molecule has 1 aliphatic rings. The van der Waals surface area contributed by atoms with Gasteiger partial charge < -0.3 is 14.4 Å². The van der Waals surface area contributed by atoms with Gasteiger partial charge in [-0.1, -0.05) is 30.3 Å². The van der Waals surface area contributed by atoms with Crippen molar-refractivity contribution in [2.24, 2.45) is 0 Å².